The second kappa shape index (κ2) is 7.76. The second-order valence-corrected chi connectivity index (χ2v) is 7.24. The molecule has 3 heteroatoms. The lowest BCUT2D eigenvalue weighted by Crippen LogP contribution is -2.26. The van der Waals surface area contributed by atoms with Crippen LogP contribution in [0.4, 0.5) is 0 Å². The predicted molar refractivity (Wildman–Crippen MR) is 94.2 cm³/mol. The van der Waals surface area contributed by atoms with Gasteiger partial charge in [0, 0.05) is 17.7 Å². The summed E-state index contributed by atoms with van der Waals surface area (Å²) in [5, 5.41) is 20.3. The zero-order valence-corrected chi connectivity index (χ0v) is 14.6. The van der Waals surface area contributed by atoms with Gasteiger partial charge in [-0.15, -0.1) is 6.58 Å². The van der Waals surface area contributed by atoms with E-state index in [-0.39, 0.29) is 17.4 Å². The first-order chi connectivity index (χ1) is 10.9. The number of hydrogen-bond acceptors (Lipinski definition) is 3. The van der Waals surface area contributed by atoms with Crippen LogP contribution in [0.1, 0.15) is 57.9 Å². The van der Waals surface area contributed by atoms with E-state index >= 15 is 0 Å². The van der Waals surface area contributed by atoms with Gasteiger partial charge in [0.15, 0.2) is 0 Å². The maximum atomic E-state index is 10.5. The third-order valence-corrected chi connectivity index (χ3v) is 5.08. The molecule has 128 valence electrons. The van der Waals surface area contributed by atoms with Crippen molar-refractivity contribution in [2.45, 2.75) is 52.4 Å². The highest BCUT2D eigenvalue weighted by molar-refractivity contribution is 5.52. The predicted octanol–water partition coefficient (Wildman–Crippen LogP) is 5.23. The molecule has 0 heterocycles. The maximum Gasteiger partial charge on any atom is 0.130 e. The van der Waals surface area contributed by atoms with Crippen LogP contribution in [0.2, 0.25) is 0 Å². The molecule has 2 rings (SSSR count). The van der Waals surface area contributed by atoms with E-state index in [0.717, 1.165) is 18.4 Å². The molecule has 1 aliphatic rings. The molecule has 1 fully saturated rings. The van der Waals surface area contributed by atoms with E-state index in [9.17, 15) is 10.2 Å². The van der Waals surface area contributed by atoms with Crippen LogP contribution in [-0.4, -0.2) is 16.8 Å². The number of aromatic hydroxyl groups is 2. The van der Waals surface area contributed by atoms with Crippen molar-refractivity contribution in [2.24, 2.45) is 17.8 Å². The van der Waals surface area contributed by atoms with Crippen LogP contribution < -0.4 is 4.74 Å². The van der Waals surface area contributed by atoms with Gasteiger partial charge < -0.3 is 14.9 Å². The summed E-state index contributed by atoms with van der Waals surface area (Å²) in [5.74, 6) is 2.83. The number of benzene rings is 1. The van der Waals surface area contributed by atoms with Crippen LogP contribution in [0.3, 0.4) is 0 Å². The summed E-state index contributed by atoms with van der Waals surface area (Å²) in [6.07, 6.45) is 6.02. The molecule has 0 radical (unpaired) electrons. The van der Waals surface area contributed by atoms with Crippen LogP contribution >= 0.6 is 0 Å². The topological polar surface area (TPSA) is 49.7 Å². The largest absolute Gasteiger partial charge is 0.508 e. The van der Waals surface area contributed by atoms with Gasteiger partial charge in [0.05, 0.1) is 6.61 Å². The van der Waals surface area contributed by atoms with Crippen LogP contribution in [0, 0.1) is 17.8 Å². The molecule has 0 bridgehead atoms. The highest BCUT2D eigenvalue weighted by Gasteiger charge is 2.35. The molecular formula is C20H30O3. The standard InChI is InChI=1S/C20H30O3/c1-5-6-9-23-19-12-15(21)11-18(22)20(19)17-10-14(4)7-8-16(17)13(2)3/h5,11-14,16-17,21-22H,1,6-10H2,2-4H3. The molecule has 1 saturated carbocycles. The fourth-order valence-electron chi connectivity index (χ4n) is 3.88. The Bertz CT molecular complexity index is 536. The minimum absolute atomic E-state index is 0.0461. The Kier molecular flexibility index (Phi) is 5.97. The zero-order chi connectivity index (χ0) is 17.0. The van der Waals surface area contributed by atoms with E-state index in [1.807, 2.05) is 6.08 Å². The Labute approximate surface area is 140 Å². The number of rotatable bonds is 6. The Hall–Kier alpha value is -1.64. The smallest absolute Gasteiger partial charge is 0.130 e. The monoisotopic (exact) mass is 318 g/mol. The molecule has 2 N–H and O–H groups in total. The molecule has 0 aromatic heterocycles. The van der Waals surface area contributed by atoms with Crippen molar-refractivity contribution in [3.05, 3.63) is 30.4 Å². The molecule has 0 amide bonds. The lowest BCUT2D eigenvalue weighted by atomic mass is 9.67. The first-order valence-corrected chi connectivity index (χ1v) is 8.73. The molecule has 0 spiro atoms. The molecular weight excluding hydrogens is 288 g/mol. The Morgan fingerprint density at radius 3 is 2.70 bits per heavy atom. The van der Waals surface area contributed by atoms with Gasteiger partial charge in [-0.25, -0.2) is 0 Å². The van der Waals surface area contributed by atoms with Gasteiger partial charge in [-0.05, 0) is 42.9 Å². The van der Waals surface area contributed by atoms with E-state index in [4.69, 9.17) is 4.74 Å². The van der Waals surface area contributed by atoms with E-state index in [2.05, 4.69) is 27.4 Å². The highest BCUT2D eigenvalue weighted by Crippen LogP contribution is 2.50. The Balaban J connectivity index is 2.39. The van der Waals surface area contributed by atoms with Crippen LogP contribution in [0.5, 0.6) is 17.2 Å². The van der Waals surface area contributed by atoms with Crippen molar-refractivity contribution in [2.75, 3.05) is 6.61 Å². The van der Waals surface area contributed by atoms with Gasteiger partial charge in [-0.1, -0.05) is 33.3 Å². The molecule has 23 heavy (non-hydrogen) atoms. The lowest BCUT2D eigenvalue weighted by molar-refractivity contribution is 0.189. The average Bonchev–Trinajstić information content (AvgIpc) is 2.46. The summed E-state index contributed by atoms with van der Waals surface area (Å²) in [5.41, 5.74) is 0.872. The quantitative estimate of drug-likeness (QED) is 0.558. The normalized spacial score (nSPS) is 24.6. The number of ether oxygens (including phenoxy) is 1. The van der Waals surface area contributed by atoms with Crippen molar-refractivity contribution in [3.63, 3.8) is 0 Å². The fourth-order valence-corrected chi connectivity index (χ4v) is 3.88. The van der Waals surface area contributed by atoms with E-state index in [1.165, 1.54) is 18.9 Å². The minimum atomic E-state index is 0.0461. The number of phenolic OH excluding ortho intramolecular Hbond substituents is 2. The fraction of sp³-hybridized carbons (Fsp3) is 0.600. The minimum Gasteiger partial charge on any atom is -0.508 e. The van der Waals surface area contributed by atoms with Crippen molar-refractivity contribution in [3.8, 4) is 17.2 Å². The van der Waals surface area contributed by atoms with Crippen LogP contribution in [-0.2, 0) is 0 Å². The molecule has 0 saturated heterocycles. The van der Waals surface area contributed by atoms with Gasteiger partial charge in [0.1, 0.15) is 17.2 Å². The first kappa shape index (κ1) is 17.7. The highest BCUT2D eigenvalue weighted by atomic mass is 16.5. The van der Waals surface area contributed by atoms with Crippen molar-refractivity contribution in [1.82, 2.24) is 0 Å². The zero-order valence-electron chi connectivity index (χ0n) is 14.6. The molecule has 1 aromatic carbocycles. The first-order valence-electron chi connectivity index (χ1n) is 8.73. The van der Waals surface area contributed by atoms with E-state index in [0.29, 0.717) is 30.1 Å². The van der Waals surface area contributed by atoms with Gasteiger partial charge in [0.25, 0.3) is 0 Å². The number of hydrogen-bond donors (Lipinski definition) is 2. The summed E-state index contributed by atoms with van der Waals surface area (Å²) in [6.45, 7) is 11.0. The summed E-state index contributed by atoms with van der Waals surface area (Å²) in [4.78, 5) is 0. The third-order valence-electron chi connectivity index (χ3n) is 5.08. The van der Waals surface area contributed by atoms with Gasteiger partial charge in [0.2, 0.25) is 0 Å². The molecule has 0 aliphatic heterocycles. The summed E-state index contributed by atoms with van der Waals surface area (Å²) >= 11 is 0. The summed E-state index contributed by atoms with van der Waals surface area (Å²) < 4.78 is 5.86. The lowest BCUT2D eigenvalue weighted by Gasteiger charge is -2.38. The number of phenols is 2. The summed E-state index contributed by atoms with van der Waals surface area (Å²) in [6, 6.07) is 3.07. The third kappa shape index (κ3) is 4.21. The van der Waals surface area contributed by atoms with E-state index < -0.39 is 0 Å². The van der Waals surface area contributed by atoms with Crippen molar-refractivity contribution >= 4 is 0 Å². The van der Waals surface area contributed by atoms with Gasteiger partial charge in [-0.3, -0.25) is 0 Å². The SMILES string of the molecule is C=CCCOc1cc(O)cc(O)c1C1CC(C)CCC1C(C)C. The van der Waals surface area contributed by atoms with Gasteiger partial charge in [-0.2, -0.15) is 0 Å². The Morgan fingerprint density at radius 2 is 2.04 bits per heavy atom. The summed E-state index contributed by atoms with van der Waals surface area (Å²) in [7, 11) is 0. The average molecular weight is 318 g/mol. The van der Waals surface area contributed by atoms with Crippen molar-refractivity contribution in [1.29, 1.82) is 0 Å². The molecule has 3 atom stereocenters. The van der Waals surface area contributed by atoms with Crippen LogP contribution in [0.25, 0.3) is 0 Å². The van der Waals surface area contributed by atoms with Gasteiger partial charge >= 0.3 is 0 Å². The van der Waals surface area contributed by atoms with Crippen LogP contribution in [0.15, 0.2) is 24.8 Å². The Morgan fingerprint density at radius 1 is 1.30 bits per heavy atom. The molecule has 3 nitrogen and oxygen atoms in total. The molecule has 3 unspecified atom stereocenters. The molecule has 1 aromatic rings. The molecule has 1 aliphatic carbocycles. The van der Waals surface area contributed by atoms with E-state index in [1.54, 1.807) is 6.07 Å². The van der Waals surface area contributed by atoms with Crippen molar-refractivity contribution < 1.29 is 14.9 Å². The maximum absolute atomic E-state index is 10.5. The second-order valence-electron chi connectivity index (χ2n) is 7.24.